The van der Waals surface area contributed by atoms with Gasteiger partial charge >= 0.3 is 6.03 Å². The summed E-state index contributed by atoms with van der Waals surface area (Å²) < 4.78 is 7.63. The summed E-state index contributed by atoms with van der Waals surface area (Å²) in [4.78, 5) is 15.2. The van der Waals surface area contributed by atoms with E-state index < -0.39 is 0 Å². The maximum absolute atomic E-state index is 13.3. The number of hydrogen-bond acceptors (Lipinski definition) is 2. The van der Waals surface area contributed by atoms with Crippen LogP contribution in [0.3, 0.4) is 0 Å². The van der Waals surface area contributed by atoms with Crippen LogP contribution in [-0.2, 0) is 12.0 Å². The molecule has 1 N–H and O–H groups in total. The first-order valence-electron chi connectivity index (χ1n) is 10.3. The van der Waals surface area contributed by atoms with Gasteiger partial charge in [-0.25, -0.2) is 4.79 Å². The molecular formula is C25H29N3O2. The predicted octanol–water partition coefficient (Wildman–Crippen LogP) is 5.43. The van der Waals surface area contributed by atoms with Gasteiger partial charge in [0, 0.05) is 25.0 Å². The number of fused-ring (bicyclic) bond motifs is 1. The minimum absolute atomic E-state index is 0.0895. The van der Waals surface area contributed by atoms with Crippen molar-refractivity contribution in [3.63, 3.8) is 0 Å². The molecule has 156 valence electrons. The number of benzene rings is 2. The Morgan fingerprint density at radius 2 is 1.73 bits per heavy atom. The second kappa shape index (κ2) is 7.90. The first-order chi connectivity index (χ1) is 14.4. The van der Waals surface area contributed by atoms with Crippen molar-refractivity contribution < 1.29 is 9.53 Å². The smallest absolute Gasteiger partial charge is 0.322 e. The van der Waals surface area contributed by atoms with Gasteiger partial charge in [0.05, 0.1) is 18.8 Å². The van der Waals surface area contributed by atoms with E-state index in [1.807, 2.05) is 35.2 Å². The van der Waals surface area contributed by atoms with Gasteiger partial charge in [0.2, 0.25) is 0 Å². The molecule has 1 aromatic heterocycles. The topological polar surface area (TPSA) is 46.5 Å². The molecular weight excluding hydrogens is 374 g/mol. The predicted molar refractivity (Wildman–Crippen MR) is 120 cm³/mol. The molecule has 0 bridgehead atoms. The Kier molecular flexibility index (Phi) is 5.29. The maximum Gasteiger partial charge on any atom is 0.322 e. The number of hydrogen-bond donors (Lipinski definition) is 1. The second-order valence-electron chi connectivity index (χ2n) is 8.72. The molecule has 2 aromatic carbocycles. The summed E-state index contributed by atoms with van der Waals surface area (Å²) in [6.45, 7) is 8.04. The van der Waals surface area contributed by atoms with E-state index >= 15 is 0 Å². The average Bonchev–Trinajstić information content (AvgIpc) is 3.21. The van der Waals surface area contributed by atoms with Crippen LogP contribution in [0.25, 0.3) is 0 Å². The number of nitrogens with zero attached hydrogens (tertiary/aromatic N) is 2. The molecule has 4 rings (SSSR count). The SMILES string of the molecule is COc1ccccc1NC(=O)N1CCn2cccc2[C@@H]1c1ccc(C(C)(C)C)cc1. The molecule has 2 heterocycles. The molecule has 30 heavy (non-hydrogen) atoms. The molecule has 0 saturated heterocycles. The van der Waals surface area contributed by atoms with Crippen molar-refractivity contribution in [2.45, 2.75) is 38.8 Å². The number of ether oxygens (including phenoxy) is 1. The van der Waals surface area contributed by atoms with Crippen molar-refractivity contribution in [2.75, 3.05) is 19.0 Å². The third-order valence-electron chi connectivity index (χ3n) is 5.74. The van der Waals surface area contributed by atoms with Crippen molar-refractivity contribution in [3.05, 3.63) is 83.7 Å². The minimum Gasteiger partial charge on any atom is -0.495 e. The molecule has 0 aliphatic carbocycles. The molecule has 5 heteroatoms. The number of anilines is 1. The summed E-state index contributed by atoms with van der Waals surface area (Å²) in [5, 5.41) is 3.04. The van der Waals surface area contributed by atoms with Crippen molar-refractivity contribution in [1.82, 2.24) is 9.47 Å². The summed E-state index contributed by atoms with van der Waals surface area (Å²) in [6.07, 6.45) is 2.08. The fourth-order valence-electron chi connectivity index (χ4n) is 4.05. The zero-order chi connectivity index (χ0) is 21.3. The van der Waals surface area contributed by atoms with Gasteiger partial charge in [-0.15, -0.1) is 0 Å². The normalized spacial score (nSPS) is 16.1. The van der Waals surface area contributed by atoms with E-state index in [-0.39, 0.29) is 17.5 Å². The summed E-state index contributed by atoms with van der Waals surface area (Å²) in [7, 11) is 1.61. The van der Waals surface area contributed by atoms with Gasteiger partial charge in [-0.05, 0) is 40.8 Å². The van der Waals surface area contributed by atoms with Crippen LogP contribution < -0.4 is 10.1 Å². The van der Waals surface area contributed by atoms with Crippen LogP contribution in [0.4, 0.5) is 10.5 Å². The zero-order valence-electron chi connectivity index (χ0n) is 18.1. The highest BCUT2D eigenvalue weighted by atomic mass is 16.5. The molecule has 5 nitrogen and oxygen atoms in total. The first kappa shape index (κ1) is 20.1. The highest BCUT2D eigenvalue weighted by Crippen LogP contribution is 2.35. The lowest BCUT2D eigenvalue weighted by Gasteiger charge is -2.37. The van der Waals surface area contributed by atoms with Crippen molar-refractivity contribution in [1.29, 1.82) is 0 Å². The summed E-state index contributed by atoms with van der Waals surface area (Å²) in [5.41, 5.74) is 4.28. The Bertz CT molecular complexity index is 1030. The Morgan fingerprint density at radius 3 is 2.43 bits per heavy atom. The number of carbonyl (C=O) groups is 1. The molecule has 0 saturated carbocycles. The summed E-state index contributed by atoms with van der Waals surface area (Å²) >= 11 is 0. The van der Waals surface area contributed by atoms with Gasteiger partial charge < -0.3 is 19.5 Å². The number of urea groups is 1. The molecule has 0 fully saturated rings. The standard InChI is InChI=1S/C25H29N3O2/c1-25(2,3)19-13-11-18(12-14-19)23-21-9-7-15-27(21)16-17-28(23)24(29)26-20-8-5-6-10-22(20)30-4/h5-15,23H,16-17H2,1-4H3,(H,26,29)/t23-/m0/s1. The Labute approximate surface area is 178 Å². The number of rotatable bonds is 3. The van der Waals surface area contributed by atoms with E-state index in [2.05, 4.69) is 67.2 Å². The molecule has 1 aliphatic rings. The van der Waals surface area contributed by atoms with E-state index in [1.165, 1.54) is 5.56 Å². The highest BCUT2D eigenvalue weighted by Gasteiger charge is 2.32. The van der Waals surface area contributed by atoms with Crippen LogP contribution in [0.2, 0.25) is 0 Å². The summed E-state index contributed by atoms with van der Waals surface area (Å²) in [5.74, 6) is 0.650. The highest BCUT2D eigenvalue weighted by molar-refractivity contribution is 5.91. The van der Waals surface area contributed by atoms with E-state index in [4.69, 9.17) is 4.74 Å². The van der Waals surface area contributed by atoms with Crippen LogP contribution in [0.1, 0.15) is 43.6 Å². The number of amides is 2. The lowest BCUT2D eigenvalue weighted by atomic mass is 9.86. The van der Waals surface area contributed by atoms with Crippen molar-refractivity contribution >= 4 is 11.7 Å². The molecule has 0 unspecified atom stereocenters. The summed E-state index contributed by atoms with van der Waals surface area (Å²) in [6, 6.07) is 20.0. The quantitative estimate of drug-likeness (QED) is 0.634. The molecule has 0 radical (unpaired) electrons. The third-order valence-corrected chi connectivity index (χ3v) is 5.74. The molecule has 0 spiro atoms. The number of carbonyl (C=O) groups excluding carboxylic acids is 1. The number of aromatic nitrogens is 1. The molecule has 3 aromatic rings. The van der Waals surface area contributed by atoms with E-state index in [9.17, 15) is 4.79 Å². The lowest BCUT2D eigenvalue weighted by molar-refractivity contribution is 0.181. The van der Waals surface area contributed by atoms with Gasteiger partial charge in [-0.2, -0.15) is 0 Å². The van der Waals surface area contributed by atoms with Gasteiger partial charge in [0.25, 0.3) is 0 Å². The van der Waals surface area contributed by atoms with E-state index in [1.54, 1.807) is 7.11 Å². The number of para-hydroxylation sites is 2. The second-order valence-corrected chi connectivity index (χ2v) is 8.72. The largest absolute Gasteiger partial charge is 0.495 e. The molecule has 2 amide bonds. The van der Waals surface area contributed by atoms with E-state index in [0.717, 1.165) is 17.8 Å². The fourth-order valence-corrected chi connectivity index (χ4v) is 4.05. The van der Waals surface area contributed by atoms with Gasteiger partial charge in [-0.1, -0.05) is 57.2 Å². The molecule has 1 aliphatic heterocycles. The minimum atomic E-state index is -0.141. The lowest BCUT2D eigenvalue weighted by Crippen LogP contribution is -2.44. The average molecular weight is 404 g/mol. The third kappa shape index (κ3) is 3.80. The van der Waals surface area contributed by atoms with Crippen LogP contribution in [0.15, 0.2) is 66.9 Å². The Balaban J connectivity index is 1.67. The Morgan fingerprint density at radius 1 is 1.00 bits per heavy atom. The number of methoxy groups -OCH3 is 1. The Hall–Kier alpha value is -3.21. The van der Waals surface area contributed by atoms with Crippen molar-refractivity contribution in [3.8, 4) is 5.75 Å². The van der Waals surface area contributed by atoms with Crippen LogP contribution in [-0.4, -0.2) is 29.2 Å². The number of nitrogens with one attached hydrogen (secondary N) is 1. The maximum atomic E-state index is 13.3. The van der Waals surface area contributed by atoms with E-state index in [0.29, 0.717) is 18.0 Å². The van der Waals surface area contributed by atoms with Crippen molar-refractivity contribution in [2.24, 2.45) is 0 Å². The monoisotopic (exact) mass is 403 g/mol. The van der Waals surface area contributed by atoms with Gasteiger partial charge in [0.15, 0.2) is 0 Å². The van der Waals surface area contributed by atoms with Crippen LogP contribution in [0.5, 0.6) is 5.75 Å². The van der Waals surface area contributed by atoms with Crippen LogP contribution >= 0.6 is 0 Å². The fraction of sp³-hybridized carbons (Fsp3) is 0.320. The first-order valence-corrected chi connectivity index (χ1v) is 10.3. The van der Waals surface area contributed by atoms with Gasteiger partial charge in [-0.3, -0.25) is 0 Å². The van der Waals surface area contributed by atoms with Crippen LogP contribution in [0, 0.1) is 0 Å². The molecule has 1 atom stereocenters. The van der Waals surface area contributed by atoms with Gasteiger partial charge in [0.1, 0.15) is 5.75 Å². The zero-order valence-corrected chi connectivity index (χ0v) is 18.1.